The second-order valence-electron chi connectivity index (χ2n) is 4.90. The lowest BCUT2D eigenvalue weighted by Crippen LogP contribution is -2.28. The van der Waals surface area contributed by atoms with Crippen molar-refractivity contribution in [2.75, 3.05) is 5.32 Å². The molecule has 0 aliphatic rings. The van der Waals surface area contributed by atoms with Crippen LogP contribution in [0.15, 0.2) is 47.4 Å². The Labute approximate surface area is 124 Å². The summed E-state index contributed by atoms with van der Waals surface area (Å²) in [6.45, 7) is 1.51. The van der Waals surface area contributed by atoms with Crippen LogP contribution in [0.2, 0.25) is 0 Å². The van der Waals surface area contributed by atoms with E-state index in [1.165, 1.54) is 16.5 Å². The normalized spacial score (nSPS) is 10.8. The Balaban J connectivity index is 1.83. The van der Waals surface area contributed by atoms with E-state index in [-0.39, 0.29) is 12.2 Å². The first kappa shape index (κ1) is 14.0. The number of nitrogens with zero attached hydrogens (tertiary/aromatic N) is 3. The molecule has 0 atom stereocenters. The van der Waals surface area contributed by atoms with E-state index in [0.29, 0.717) is 5.65 Å². The third-order valence-corrected chi connectivity index (χ3v) is 3.18. The molecule has 3 aromatic rings. The summed E-state index contributed by atoms with van der Waals surface area (Å²) in [6, 6.07) is 9.52. The third-order valence-electron chi connectivity index (χ3n) is 3.18. The maximum atomic E-state index is 13.6. The molecule has 112 valence electrons. The molecule has 0 aliphatic carbocycles. The van der Waals surface area contributed by atoms with Gasteiger partial charge in [-0.3, -0.25) is 9.20 Å². The Kier molecular flexibility index (Phi) is 3.46. The second-order valence-corrected chi connectivity index (χ2v) is 4.90. The lowest BCUT2D eigenvalue weighted by atomic mass is 10.2. The van der Waals surface area contributed by atoms with E-state index in [1.54, 1.807) is 37.4 Å². The lowest BCUT2D eigenvalue weighted by Gasteiger charge is -2.06. The monoisotopic (exact) mass is 300 g/mol. The first-order chi connectivity index (χ1) is 10.5. The number of hydrogen-bond donors (Lipinski definition) is 1. The molecule has 1 N–H and O–H groups in total. The fraction of sp³-hybridized carbons (Fsp3) is 0.133. The Bertz CT molecular complexity index is 913. The molecular formula is C15H13FN4O2. The van der Waals surface area contributed by atoms with Crippen molar-refractivity contribution < 1.29 is 9.18 Å². The van der Waals surface area contributed by atoms with E-state index in [4.69, 9.17) is 0 Å². The molecule has 1 aromatic carbocycles. The number of carbonyl (C=O) groups excluding carboxylic acids is 1. The van der Waals surface area contributed by atoms with Gasteiger partial charge >= 0.3 is 5.69 Å². The molecule has 0 bridgehead atoms. The van der Waals surface area contributed by atoms with Gasteiger partial charge in [0.05, 0.1) is 5.69 Å². The number of hydrogen-bond acceptors (Lipinski definition) is 3. The lowest BCUT2D eigenvalue weighted by molar-refractivity contribution is -0.117. The maximum Gasteiger partial charge on any atom is 0.350 e. The minimum absolute atomic E-state index is 0.0850. The fourth-order valence-electron chi connectivity index (χ4n) is 2.13. The van der Waals surface area contributed by atoms with Crippen molar-refractivity contribution in [1.82, 2.24) is 14.2 Å². The summed E-state index contributed by atoms with van der Waals surface area (Å²) in [5.41, 5.74) is 0.931. The smallest absolute Gasteiger partial charge is 0.322 e. The number of fused-ring (bicyclic) bond motifs is 1. The highest BCUT2D eigenvalue weighted by Gasteiger charge is 2.12. The highest BCUT2D eigenvalue weighted by molar-refractivity contribution is 5.90. The molecule has 0 aliphatic heterocycles. The van der Waals surface area contributed by atoms with Crippen molar-refractivity contribution in [2.24, 2.45) is 0 Å². The number of pyridine rings is 1. The number of benzene rings is 1. The third kappa shape index (κ3) is 2.60. The second kappa shape index (κ2) is 5.44. The van der Waals surface area contributed by atoms with E-state index in [2.05, 4.69) is 10.4 Å². The van der Waals surface area contributed by atoms with Crippen LogP contribution >= 0.6 is 0 Å². The average Bonchev–Trinajstić information content (AvgIpc) is 2.80. The summed E-state index contributed by atoms with van der Waals surface area (Å²) in [5, 5.41) is 6.49. The number of carbonyl (C=O) groups is 1. The predicted octanol–water partition coefficient (Wildman–Crippen LogP) is 1.58. The van der Waals surface area contributed by atoms with Gasteiger partial charge < -0.3 is 5.32 Å². The molecule has 2 aromatic heterocycles. The average molecular weight is 300 g/mol. The molecule has 1 amide bonds. The number of aromatic nitrogens is 3. The molecule has 0 saturated heterocycles. The number of amides is 1. The predicted molar refractivity (Wildman–Crippen MR) is 79.2 cm³/mol. The maximum absolute atomic E-state index is 13.6. The van der Waals surface area contributed by atoms with Crippen LogP contribution in [0.5, 0.6) is 0 Å². The molecule has 0 radical (unpaired) electrons. The Morgan fingerprint density at radius 3 is 2.91 bits per heavy atom. The van der Waals surface area contributed by atoms with E-state index >= 15 is 0 Å². The summed E-state index contributed by atoms with van der Waals surface area (Å²) in [7, 11) is 0. The quantitative estimate of drug-likeness (QED) is 0.798. The molecule has 0 unspecified atom stereocenters. The number of nitrogens with one attached hydrogen (secondary N) is 1. The molecule has 2 heterocycles. The van der Waals surface area contributed by atoms with Crippen LogP contribution in [0, 0.1) is 12.7 Å². The van der Waals surface area contributed by atoms with Gasteiger partial charge in [0.2, 0.25) is 5.91 Å². The molecule has 7 heteroatoms. The Hall–Kier alpha value is -2.96. The minimum atomic E-state index is -0.527. The SMILES string of the molecule is Cc1ccc(F)c(NC(=O)Cn2nc3ccccn3c2=O)c1. The zero-order chi connectivity index (χ0) is 15.7. The van der Waals surface area contributed by atoms with Crippen LogP contribution in [-0.4, -0.2) is 20.1 Å². The number of anilines is 1. The fourth-order valence-corrected chi connectivity index (χ4v) is 2.13. The molecule has 0 saturated carbocycles. The highest BCUT2D eigenvalue weighted by atomic mass is 19.1. The summed E-state index contributed by atoms with van der Waals surface area (Å²) >= 11 is 0. The number of halogens is 1. The van der Waals surface area contributed by atoms with Crippen LogP contribution in [0.4, 0.5) is 10.1 Å². The van der Waals surface area contributed by atoms with Crippen molar-refractivity contribution in [2.45, 2.75) is 13.5 Å². The standard InChI is InChI=1S/C15H13FN4O2/c1-10-5-6-11(16)12(8-10)17-14(21)9-20-15(22)19-7-3-2-4-13(19)18-20/h2-8H,9H2,1H3,(H,17,21). The largest absolute Gasteiger partial charge is 0.350 e. The van der Waals surface area contributed by atoms with Crippen molar-refractivity contribution in [3.63, 3.8) is 0 Å². The van der Waals surface area contributed by atoms with Gasteiger partial charge in [-0.25, -0.2) is 13.9 Å². The van der Waals surface area contributed by atoms with Gasteiger partial charge in [-0.1, -0.05) is 12.1 Å². The van der Waals surface area contributed by atoms with Crippen molar-refractivity contribution in [1.29, 1.82) is 0 Å². The van der Waals surface area contributed by atoms with E-state index < -0.39 is 17.4 Å². The van der Waals surface area contributed by atoms with Crippen molar-refractivity contribution in [3.8, 4) is 0 Å². The van der Waals surface area contributed by atoms with Gasteiger partial charge in [-0.15, -0.1) is 5.10 Å². The summed E-state index contributed by atoms with van der Waals surface area (Å²) in [4.78, 5) is 24.0. The van der Waals surface area contributed by atoms with E-state index in [9.17, 15) is 14.0 Å². The summed E-state index contributed by atoms with van der Waals surface area (Å²) in [6.07, 6.45) is 1.57. The van der Waals surface area contributed by atoms with Crippen LogP contribution in [0.1, 0.15) is 5.56 Å². The van der Waals surface area contributed by atoms with Gasteiger partial charge in [-0.2, -0.15) is 0 Å². The molecular weight excluding hydrogens is 287 g/mol. The number of aryl methyl sites for hydroxylation is 1. The molecule has 6 nitrogen and oxygen atoms in total. The zero-order valence-corrected chi connectivity index (χ0v) is 11.8. The Morgan fingerprint density at radius 1 is 1.32 bits per heavy atom. The highest BCUT2D eigenvalue weighted by Crippen LogP contribution is 2.15. The molecule has 3 rings (SSSR count). The molecule has 22 heavy (non-hydrogen) atoms. The Morgan fingerprint density at radius 2 is 2.14 bits per heavy atom. The summed E-state index contributed by atoms with van der Waals surface area (Å²) < 4.78 is 16.0. The van der Waals surface area contributed by atoms with Crippen molar-refractivity contribution >= 4 is 17.2 Å². The number of rotatable bonds is 3. The van der Waals surface area contributed by atoms with Crippen LogP contribution in [0.3, 0.4) is 0 Å². The van der Waals surface area contributed by atoms with Gasteiger partial charge in [0.25, 0.3) is 0 Å². The van der Waals surface area contributed by atoms with E-state index in [0.717, 1.165) is 10.2 Å². The first-order valence-corrected chi connectivity index (χ1v) is 6.65. The molecule has 0 fully saturated rings. The van der Waals surface area contributed by atoms with Gasteiger partial charge in [0, 0.05) is 6.20 Å². The molecule has 0 spiro atoms. The van der Waals surface area contributed by atoms with E-state index in [1.807, 2.05) is 0 Å². The summed E-state index contributed by atoms with van der Waals surface area (Å²) in [5.74, 6) is -1.05. The van der Waals surface area contributed by atoms with Crippen LogP contribution < -0.4 is 11.0 Å². The van der Waals surface area contributed by atoms with Gasteiger partial charge in [0.15, 0.2) is 5.65 Å². The zero-order valence-electron chi connectivity index (χ0n) is 11.8. The van der Waals surface area contributed by atoms with Crippen LogP contribution in [0.25, 0.3) is 5.65 Å². The van der Waals surface area contributed by atoms with Crippen LogP contribution in [-0.2, 0) is 11.3 Å². The first-order valence-electron chi connectivity index (χ1n) is 6.65. The topological polar surface area (TPSA) is 68.4 Å². The van der Waals surface area contributed by atoms with Gasteiger partial charge in [-0.05, 0) is 36.8 Å². The van der Waals surface area contributed by atoms with Gasteiger partial charge in [0.1, 0.15) is 12.4 Å². The van der Waals surface area contributed by atoms with Crippen molar-refractivity contribution in [3.05, 3.63) is 64.5 Å². The minimum Gasteiger partial charge on any atom is -0.322 e.